The molecule has 1 amide bonds. The van der Waals surface area contributed by atoms with Crippen LogP contribution in [-0.4, -0.2) is 40.2 Å². The third-order valence-electron chi connectivity index (χ3n) is 2.60. The van der Waals surface area contributed by atoms with Gasteiger partial charge in [0.05, 0.1) is 12.6 Å². The van der Waals surface area contributed by atoms with E-state index in [0.717, 1.165) is 0 Å². The van der Waals surface area contributed by atoms with Crippen molar-refractivity contribution >= 4 is 5.91 Å². The molecule has 1 heterocycles. The van der Waals surface area contributed by atoms with Gasteiger partial charge in [0, 0.05) is 31.9 Å². The number of aromatic nitrogens is 1. The molecule has 0 bridgehead atoms. The second-order valence-electron chi connectivity index (χ2n) is 3.81. The highest BCUT2D eigenvalue weighted by Crippen LogP contribution is 2.03. The lowest BCUT2D eigenvalue weighted by Crippen LogP contribution is -2.37. The lowest BCUT2D eigenvalue weighted by atomic mass is 10.2. The van der Waals surface area contributed by atoms with E-state index in [-0.39, 0.29) is 24.1 Å². The Kier molecular flexibility index (Phi) is 3.84. The second kappa shape index (κ2) is 4.94. The number of carbonyl (C=O) groups excluding carboxylic acids is 1. The fourth-order valence-corrected chi connectivity index (χ4v) is 1.21. The molecule has 0 saturated carbocycles. The minimum Gasteiger partial charge on any atom is -0.394 e. The number of carbonyl (C=O) groups is 1. The number of likely N-dealkylation sites (N-methyl/N-ethyl adjacent to an activating group) is 1. The molecule has 0 fully saturated rings. The van der Waals surface area contributed by atoms with Crippen LogP contribution in [0.5, 0.6) is 0 Å². The monoisotopic (exact) mass is 224 g/mol. The van der Waals surface area contributed by atoms with Gasteiger partial charge in [0.1, 0.15) is 0 Å². The number of hydrogen-bond acceptors (Lipinski definition) is 3. The molecule has 1 N–H and O–H groups in total. The van der Waals surface area contributed by atoms with Crippen molar-refractivity contribution in [3.63, 3.8) is 0 Å². The van der Waals surface area contributed by atoms with Crippen molar-refractivity contribution < 1.29 is 9.90 Å². The summed E-state index contributed by atoms with van der Waals surface area (Å²) in [7, 11) is 3.22. The summed E-state index contributed by atoms with van der Waals surface area (Å²) in [6.45, 7) is 1.63. The Balaban J connectivity index is 2.97. The molecular formula is C11H16N2O3. The molecule has 16 heavy (non-hydrogen) atoms. The third kappa shape index (κ3) is 2.49. The second-order valence-corrected chi connectivity index (χ2v) is 3.81. The molecule has 0 saturated heterocycles. The smallest absolute Gasteiger partial charge is 0.254 e. The summed E-state index contributed by atoms with van der Waals surface area (Å²) in [6.07, 6.45) is 1.55. The van der Waals surface area contributed by atoms with Gasteiger partial charge in [-0.15, -0.1) is 0 Å². The molecule has 1 aromatic rings. The molecule has 5 nitrogen and oxygen atoms in total. The van der Waals surface area contributed by atoms with Gasteiger partial charge in [-0.05, 0) is 13.0 Å². The average Bonchev–Trinajstić information content (AvgIpc) is 2.29. The Bertz CT molecular complexity index is 439. The molecule has 0 aliphatic carbocycles. The summed E-state index contributed by atoms with van der Waals surface area (Å²) in [6, 6.07) is 2.62. The maximum absolute atomic E-state index is 11.9. The number of nitrogens with zero attached hydrogens (tertiary/aromatic N) is 2. The summed E-state index contributed by atoms with van der Waals surface area (Å²) in [5.74, 6) is -0.265. The van der Waals surface area contributed by atoms with Crippen molar-refractivity contribution in [2.75, 3.05) is 13.7 Å². The molecule has 5 heteroatoms. The molecule has 1 atom stereocenters. The van der Waals surface area contributed by atoms with Crippen molar-refractivity contribution in [3.05, 3.63) is 34.2 Å². The van der Waals surface area contributed by atoms with Gasteiger partial charge in [-0.1, -0.05) is 0 Å². The lowest BCUT2D eigenvalue weighted by Gasteiger charge is -2.23. The zero-order valence-electron chi connectivity index (χ0n) is 9.67. The third-order valence-corrected chi connectivity index (χ3v) is 2.60. The van der Waals surface area contributed by atoms with E-state index >= 15 is 0 Å². The molecule has 0 radical (unpaired) electrons. The zero-order chi connectivity index (χ0) is 12.3. The van der Waals surface area contributed by atoms with E-state index in [9.17, 15) is 9.59 Å². The molecule has 0 aliphatic heterocycles. The number of rotatable bonds is 3. The Morgan fingerprint density at radius 3 is 2.75 bits per heavy atom. The van der Waals surface area contributed by atoms with E-state index in [1.165, 1.54) is 15.5 Å². The highest BCUT2D eigenvalue weighted by Gasteiger charge is 2.16. The first-order valence-electron chi connectivity index (χ1n) is 5.02. The van der Waals surface area contributed by atoms with Gasteiger partial charge in [-0.2, -0.15) is 0 Å². The fourth-order valence-electron chi connectivity index (χ4n) is 1.21. The van der Waals surface area contributed by atoms with E-state index in [0.29, 0.717) is 5.56 Å². The number of amides is 1. The Morgan fingerprint density at radius 2 is 2.25 bits per heavy atom. The van der Waals surface area contributed by atoms with Crippen LogP contribution in [0.1, 0.15) is 17.3 Å². The zero-order valence-corrected chi connectivity index (χ0v) is 9.67. The predicted molar refractivity (Wildman–Crippen MR) is 60.3 cm³/mol. The van der Waals surface area contributed by atoms with Crippen LogP contribution in [0.2, 0.25) is 0 Å². The van der Waals surface area contributed by atoms with Gasteiger partial charge in [0.15, 0.2) is 0 Å². The quantitative estimate of drug-likeness (QED) is 0.776. The molecule has 88 valence electrons. The number of aryl methyl sites for hydroxylation is 1. The van der Waals surface area contributed by atoms with Crippen molar-refractivity contribution in [2.45, 2.75) is 13.0 Å². The largest absolute Gasteiger partial charge is 0.394 e. The molecule has 0 aliphatic rings. The number of aliphatic hydroxyl groups is 1. The molecule has 0 spiro atoms. The average molecular weight is 224 g/mol. The van der Waals surface area contributed by atoms with E-state index in [2.05, 4.69) is 0 Å². The van der Waals surface area contributed by atoms with Crippen LogP contribution in [0.15, 0.2) is 23.1 Å². The van der Waals surface area contributed by atoms with Gasteiger partial charge in [-0.3, -0.25) is 9.59 Å². The summed E-state index contributed by atoms with van der Waals surface area (Å²) < 4.78 is 1.40. The van der Waals surface area contributed by atoms with Crippen LogP contribution < -0.4 is 5.56 Å². The van der Waals surface area contributed by atoms with Crippen LogP contribution in [-0.2, 0) is 7.05 Å². The molecule has 0 aromatic carbocycles. The topological polar surface area (TPSA) is 62.5 Å². The van der Waals surface area contributed by atoms with E-state index < -0.39 is 0 Å². The fraction of sp³-hybridized carbons (Fsp3) is 0.455. The number of aliphatic hydroxyl groups excluding tert-OH is 1. The van der Waals surface area contributed by atoms with Gasteiger partial charge >= 0.3 is 0 Å². The highest BCUT2D eigenvalue weighted by atomic mass is 16.3. The SMILES string of the molecule is CC(CO)N(C)C(=O)c1ccn(C)c(=O)c1. The first kappa shape index (κ1) is 12.4. The number of pyridine rings is 1. The van der Waals surface area contributed by atoms with Gasteiger partial charge in [0.2, 0.25) is 0 Å². The maximum Gasteiger partial charge on any atom is 0.254 e. The van der Waals surface area contributed by atoms with Gasteiger partial charge in [0.25, 0.3) is 11.5 Å². The molecular weight excluding hydrogens is 208 g/mol. The Hall–Kier alpha value is -1.62. The van der Waals surface area contributed by atoms with E-state index in [1.54, 1.807) is 33.3 Å². The molecule has 1 unspecified atom stereocenters. The van der Waals surface area contributed by atoms with Gasteiger partial charge in [-0.25, -0.2) is 0 Å². The predicted octanol–water partition coefficient (Wildman–Crippen LogP) is -0.162. The van der Waals surface area contributed by atoms with E-state index in [4.69, 9.17) is 5.11 Å². The van der Waals surface area contributed by atoms with Crippen LogP contribution >= 0.6 is 0 Å². The first-order valence-corrected chi connectivity index (χ1v) is 5.02. The van der Waals surface area contributed by atoms with Crippen molar-refractivity contribution in [2.24, 2.45) is 7.05 Å². The summed E-state index contributed by atoms with van der Waals surface area (Å²) in [5.41, 5.74) is 0.113. The Labute approximate surface area is 93.9 Å². The maximum atomic E-state index is 11.9. The lowest BCUT2D eigenvalue weighted by molar-refractivity contribution is 0.0682. The highest BCUT2D eigenvalue weighted by molar-refractivity contribution is 5.94. The minimum atomic E-state index is -0.267. The standard InChI is InChI=1S/C11H16N2O3/c1-8(7-14)13(3)11(16)9-4-5-12(2)10(15)6-9/h4-6,8,14H,7H2,1-3H3. The summed E-state index contributed by atoms with van der Waals surface area (Å²) >= 11 is 0. The number of hydrogen-bond donors (Lipinski definition) is 1. The summed E-state index contributed by atoms with van der Waals surface area (Å²) in [5, 5.41) is 8.94. The van der Waals surface area contributed by atoms with Crippen molar-refractivity contribution in [3.8, 4) is 0 Å². The molecule has 1 aromatic heterocycles. The van der Waals surface area contributed by atoms with E-state index in [1.807, 2.05) is 0 Å². The Morgan fingerprint density at radius 1 is 1.62 bits per heavy atom. The first-order chi connectivity index (χ1) is 7.47. The van der Waals surface area contributed by atoms with Crippen LogP contribution in [0.25, 0.3) is 0 Å². The van der Waals surface area contributed by atoms with Crippen LogP contribution in [0, 0.1) is 0 Å². The normalized spacial score (nSPS) is 12.2. The summed E-state index contributed by atoms with van der Waals surface area (Å²) in [4.78, 5) is 24.6. The minimum absolute atomic E-state index is 0.104. The van der Waals surface area contributed by atoms with Crippen molar-refractivity contribution in [1.29, 1.82) is 0 Å². The van der Waals surface area contributed by atoms with Gasteiger partial charge < -0.3 is 14.6 Å². The van der Waals surface area contributed by atoms with Crippen molar-refractivity contribution in [1.82, 2.24) is 9.47 Å². The van der Waals surface area contributed by atoms with Crippen LogP contribution in [0.4, 0.5) is 0 Å². The molecule has 1 rings (SSSR count). The van der Waals surface area contributed by atoms with Crippen LogP contribution in [0.3, 0.4) is 0 Å².